The third-order valence-electron chi connectivity index (χ3n) is 6.17. The van der Waals surface area contributed by atoms with E-state index in [1.54, 1.807) is 6.33 Å². The number of piperazine rings is 1. The van der Waals surface area contributed by atoms with Crippen LogP contribution in [0.3, 0.4) is 0 Å². The fraction of sp³-hybridized carbons (Fsp3) is 0.500. The largest absolute Gasteiger partial charge is 0.353 e. The van der Waals surface area contributed by atoms with Gasteiger partial charge in [0.1, 0.15) is 12.1 Å². The molecule has 1 aliphatic heterocycles. The summed E-state index contributed by atoms with van der Waals surface area (Å²) < 4.78 is 1.01. The van der Waals surface area contributed by atoms with Gasteiger partial charge in [0.25, 0.3) is 0 Å². The van der Waals surface area contributed by atoms with E-state index in [-0.39, 0.29) is 36.6 Å². The molecule has 6 nitrogen and oxygen atoms in total. The van der Waals surface area contributed by atoms with Crippen molar-refractivity contribution in [3.05, 3.63) is 51.9 Å². The molecule has 1 aliphatic carbocycles. The van der Waals surface area contributed by atoms with Gasteiger partial charge in [-0.3, -0.25) is 4.79 Å². The number of nitrogens with two attached hydrogens (primary N) is 1. The fourth-order valence-corrected chi connectivity index (χ4v) is 4.79. The van der Waals surface area contributed by atoms with Crippen molar-refractivity contribution < 1.29 is 4.79 Å². The van der Waals surface area contributed by atoms with Gasteiger partial charge in [-0.05, 0) is 49.4 Å². The first kappa shape index (κ1) is 25.8. The second-order valence-corrected chi connectivity index (χ2v) is 8.91. The Morgan fingerprint density at radius 3 is 2.48 bits per heavy atom. The molecule has 1 aromatic heterocycles. The maximum atomic E-state index is 13.3. The monoisotopic (exact) mass is 529 g/mol. The number of hydrogen-bond acceptors (Lipinski definition) is 5. The molecule has 1 amide bonds. The van der Waals surface area contributed by atoms with E-state index < -0.39 is 0 Å². The van der Waals surface area contributed by atoms with E-state index in [9.17, 15) is 4.79 Å². The average molecular weight is 531 g/mol. The molecule has 4 rings (SSSR count). The van der Waals surface area contributed by atoms with E-state index in [1.165, 1.54) is 11.3 Å². The Bertz CT molecular complexity index is 875. The molecule has 0 spiro atoms. The second-order valence-electron chi connectivity index (χ2n) is 7.99. The lowest BCUT2D eigenvalue weighted by Crippen LogP contribution is -2.50. The molecule has 9 heteroatoms. The second kappa shape index (κ2) is 11.5. The van der Waals surface area contributed by atoms with Crippen molar-refractivity contribution in [2.75, 3.05) is 37.6 Å². The predicted octanol–water partition coefficient (Wildman–Crippen LogP) is 3.91. The van der Waals surface area contributed by atoms with Gasteiger partial charge in [-0.15, -0.1) is 24.8 Å². The lowest BCUT2D eigenvalue weighted by molar-refractivity contribution is -0.133. The van der Waals surface area contributed by atoms with E-state index in [1.807, 2.05) is 29.2 Å². The SMILES string of the molecule is C[C@@H]1CCc2ncnc(N3CCN(C(=O)[C@@H](CCN)c4ccc(Br)cc4)CC3)c21.Cl.Cl. The molecule has 2 heterocycles. The molecule has 31 heavy (non-hydrogen) atoms. The third-order valence-corrected chi connectivity index (χ3v) is 6.70. The van der Waals surface area contributed by atoms with Crippen molar-refractivity contribution in [3.63, 3.8) is 0 Å². The van der Waals surface area contributed by atoms with Crippen LogP contribution in [0.15, 0.2) is 35.1 Å². The van der Waals surface area contributed by atoms with Crippen molar-refractivity contribution >= 4 is 52.5 Å². The topological polar surface area (TPSA) is 75.4 Å². The highest BCUT2D eigenvalue weighted by atomic mass is 79.9. The normalized spacial score (nSPS) is 18.6. The molecule has 1 fully saturated rings. The summed E-state index contributed by atoms with van der Waals surface area (Å²) in [5, 5.41) is 0. The Morgan fingerprint density at radius 1 is 1.16 bits per heavy atom. The molecule has 1 saturated heterocycles. The number of hydrogen-bond donors (Lipinski definition) is 1. The van der Waals surface area contributed by atoms with Crippen LogP contribution in [-0.2, 0) is 11.2 Å². The third kappa shape index (κ3) is 5.51. The Morgan fingerprint density at radius 2 is 1.84 bits per heavy atom. The Balaban J connectivity index is 0.00000171. The number of fused-ring (bicyclic) bond motifs is 1. The number of carbonyl (C=O) groups is 1. The maximum Gasteiger partial charge on any atom is 0.230 e. The van der Waals surface area contributed by atoms with Gasteiger partial charge in [-0.1, -0.05) is 35.0 Å². The molecule has 0 bridgehead atoms. The minimum atomic E-state index is -0.178. The van der Waals surface area contributed by atoms with Crippen LogP contribution in [0.5, 0.6) is 0 Å². The van der Waals surface area contributed by atoms with Crippen LogP contribution < -0.4 is 10.6 Å². The first-order valence-electron chi connectivity index (χ1n) is 10.4. The van der Waals surface area contributed by atoms with E-state index in [4.69, 9.17) is 5.73 Å². The average Bonchev–Trinajstić information content (AvgIpc) is 3.14. The summed E-state index contributed by atoms with van der Waals surface area (Å²) in [5.41, 5.74) is 9.36. The number of aromatic nitrogens is 2. The zero-order valence-corrected chi connectivity index (χ0v) is 20.9. The Hall–Kier alpha value is -1.41. The summed E-state index contributed by atoms with van der Waals surface area (Å²) >= 11 is 3.47. The molecule has 2 atom stereocenters. The highest BCUT2D eigenvalue weighted by Gasteiger charge is 2.31. The van der Waals surface area contributed by atoms with Gasteiger partial charge in [-0.2, -0.15) is 0 Å². The van der Waals surface area contributed by atoms with Crippen LogP contribution in [0.25, 0.3) is 0 Å². The van der Waals surface area contributed by atoms with Crippen LogP contribution in [0, 0.1) is 0 Å². The number of halogens is 3. The molecule has 2 aromatic rings. The smallest absolute Gasteiger partial charge is 0.230 e. The molecule has 2 aliphatic rings. The van der Waals surface area contributed by atoms with Gasteiger partial charge in [0, 0.05) is 41.9 Å². The summed E-state index contributed by atoms with van der Waals surface area (Å²) in [6.07, 6.45) is 4.54. The van der Waals surface area contributed by atoms with Gasteiger partial charge in [-0.25, -0.2) is 9.97 Å². The van der Waals surface area contributed by atoms with E-state index >= 15 is 0 Å². The van der Waals surface area contributed by atoms with Gasteiger partial charge in [0.2, 0.25) is 5.91 Å². The van der Waals surface area contributed by atoms with Crippen LogP contribution in [0.1, 0.15) is 48.4 Å². The summed E-state index contributed by atoms with van der Waals surface area (Å²) in [5.74, 6) is 1.58. The van der Waals surface area contributed by atoms with Crippen LogP contribution in [0.2, 0.25) is 0 Å². The summed E-state index contributed by atoms with van der Waals surface area (Å²) in [6.45, 7) is 5.79. The van der Waals surface area contributed by atoms with Crippen molar-refractivity contribution in [1.82, 2.24) is 14.9 Å². The number of amides is 1. The van der Waals surface area contributed by atoms with Crippen molar-refractivity contribution in [2.24, 2.45) is 5.73 Å². The number of benzene rings is 1. The molecular formula is C22H30BrCl2N5O. The van der Waals surface area contributed by atoms with Crippen LogP contribution >= 0.6 is 40.7 Å². The number of nitrogens with zero attached hydrogens (tertiary/aromatic N) is 4. The minimum absolute atomic E-state index is 0. The quantitative estimate of drug-likeness (QED) is 0.634. The number of anilines is 1. The minimum Gasteiger partial charge on any atom is -0.353 e. The summed E-state index contributed by atoms with van der Waals surface area (Å²) in [7, 11) is 0. The fourth-order valence-electron chi connectivity index (χ4n) is 4.53. The summed E-state index contributed by atoms with van der Waals surface area (Å²) in [4.78, 5) is 26.7. The Kier molecular flexibility index (Phi) is 9.55. The van der Waals surface area contributed by atoms with Gasteiger partial charge in [0.15, 0.2) is 0 Å². The van der Waals surface area contributed by atoms with Gasteiger partial charge < -0.3 is 15.5 Å². The molecule has 0 unspecified atom stereocenters. The van der Waals surface area contributed by atoms with Gasteiger partial charge >= 0.3 is 0 Å². The van der Waals surface area contributed by atoms with Crippen molar-refractivity contribution in [1.29, 1.82) is 0 Å². The molecule has 0 radical (unpaired) electrons. The van der Waals surface area contributed by atoms with Crippen molar-refractivity contribution in [2.45, 2.75) is 38.0 Å². The lowest BCUT2D eigenvalue weighted by atomic mass is 9.94. The molecule has 1 aromatic carbocycles. The number of aryl methyl sites for hydroxylation is 1. The van der Waals surface area contributed by atoms with Crippen molar-refractivity contribution in [3.8, 4) is 0 Å². The van der Waals surface area contributed by atoms with E-state index in [0.29, 0.717) is 32.0 Å². The predicted molar refractivity (Wildman–Crippen MR) is 133 cm³/mol. The first-order chi connectivity index (χ1) is 14.1. The van der Waals surface area contributed by atoms with Gasteiger partial charge in [0.05, 0.1) is 5.92 Å². The lowest BCUT2D eigenvalue weighted by Gasteiger charge is -2.38. The number of carbonyl (C=O) groups excluding carboxylic acids is 1. The number of rotatable bonds is 5. The van der Waals surface area contributed by atoms with Crippen LogP contribution in [0.4, 0.5) is 5.82 Å². The molecule has 0 saturated carbocycles. The molecular weight excluding hydrogens is 501 g/mol. The Labute approximate surface area is 204 Å². The summed E-state index contributed by atoms with van der Waals surface area (Å²) in [6, 6.07) is 8.01. The zero-order valence-electron chi connectivity index (χ0n) is 17.7. The maximum absolute atomic E-state index is 13.3. The zero-order chi connectivity index (χ0) is 20.4. The van der Waals surface area contributed by atoms with E-state index in [0.717, 1.165) is 41.8 Å². The van der Waals surface area contributed by atoms with Crippen LogP contribution in [-0.4, -0.2) is 53.5 Å². The van der Waals surface area contributed by atoms with E-state index in [2.05, 4.69) is 37.7 Å². The highest BCUT2D eigenvalue weighted by Crippen LogP contribution is 2.37. The first-order valence-corrected chi connectivity index (χ1v) is 11.2. The standard InChI is InChI=1S/C22H28BrN5O.2ClH/c1-15-2-7-19-20(15)21(26-14-25-19)27-10-12-28(13-11-27)22(29)18(8-9-24)16-3-5-17(23)6-4-16;;/h3-6,14-15,18H,2,7-13,24H2,1H3;2*1H/t15-,18+;;/m1../s1. The highest BCUT2D eigenvalue weighted by molar-refractivity contribution is 9.10. The molecule has 170 valence electrons. The molecule has 2 N–H and O–H groups in total.